The maximum atomic E-state index is 10.7. The highest BCUT2D eigenvalue weighted by atomic mass is 35.5. The molecule has 2 heterocycles. The number of carbonyl (C=O) groups excluding carboxylic acids is 1. The van der Waals surface area contributed by atoms with Crippen LogP contribution in [-0.2, 0) is 9.53 Å². The summed E-state index contributed by atoms with van der Waals surface area (Å²) < 4.78 is 5.90. The molecule has 15 heavy (non-hydrogen) atoms. The third-order valence-corrected chi connectivity index (χ3v) is 3.06. The first kappa shape index (κ1) is 10.4. The van der Waals surface area contributed by atoms with Gasteiger partial charge in [0.2, 0.25) is 0 Å². The van der Waals surface area contributed by atoms with Crippen LogP contribution >= 0.6 is 22.9 Å². The molecule has 1 atom stereocenters. The second-order valence-electron chi connectivity index (χ2n) is 3.02. The minimum absolute atomic E-state index is 0.515. The first-order chi connectivity index (χ1) is 7.19. The Hall–Kier alpha value is -1.13. The van der Waals surface area contributed by atoms with Crippen LogP contribution in [0.1, 0.15) is 11.8 Å². The second-order valence-corrected chi connectivity index (χ2v) is 4.76. The molecule has 3 nitrogen and oxygen atoms in total. The largest absolute Gasteiger partial charge is 0.464 e. The van der Waals surface area contributed by atoms with E-state index in [1.807, 2.05) is 12.1 Å². The van der Waals surface area contributed by atoms with E-state index in [-0.39, 0.29) is 0 Å². The summed E-state index contributed by atoms with van der Waals surface area (Å²) >= 11 is 7.23. The molecule has 2 rings (SSSR count). The first-order valence-corrected chi connectivity index (χ1v) is 5.52. The molecule has 5 heteroatoms. The Balaban J connectivity index is 2.29. The molecule has 0 spiro atoms. The van der Waals surface area contributed by atoms with Crippen LogP contribution in [0.3, 0.4) is 0 Å². The van der Waals surface area contributed by atoms with E-state index in [9.17, 15) is 4.79 Å². The highest BCUT2D eigenvalue weighted by molar-refractivity contribution is 7.17. The van der Waals surface area contributed by atoms with Crippen molar-refractivity contribution in [3.8, 4) is 0 Å². The Labute approximate surface area is 96.0 Å². The fraction of sp³-hybridized carbons (Fsp3) is 0.200. The van der Waals surface area contributed by atoms with E-state index < -0.39 is 6.10 Å². The molecule has 78 valence electrons. The standard InChI is InChI=1S/C10H8ClNO2S/c1-6-12-8(9(5-13)14-6)4-7-2-3-10(11)15-7/h2-5,9H,1H3. The Morgan fingerprint density at radius 1 is 1.60 bits per heavy atom. The summed E-state index contributed by atoms with van der Waals surface area (Å²) in [6, 6.07) is 3.69. The molecular formula is C10H8ClNO2S. The molecule has 0 saturated heterocycles. The molecule has 0 bridgehead atoms. The zero-order valence-corrected chi connectivity index (χ0v) is 9.51. The van der Waals surface area contributed by atoms with Crippen LogP contribution in [0.4, 0.5) is 0 Å². The van der Waals surface area contributed by atoms with Crippen LogP contribution in [0.5, 0.6) is 0 Å². The Morgan fingerprint density at radius 3 is 3.00 bits per heavy atom. The highest BCUT2D eigenvalue weighted by Gasteiger charge is 2.22. The summed E-state index contributed by atoms with van der Waals surface area (Å²) in [6.07, 6.45) is 1.97. The number of nitrogens with zero attached hydrogens (tertiary/aromatic N) is 1. The lowest BCUT2D eigenvalue weighted by Crippen LogP contribution is -2.11. The fourth-order valence-electron chi connectivity index (χ4n) is 1.28. The van der Waals surface area contributed by atoms with Gasteiger partial charge in [-0.2, -0.15) is 0 Å². The summed E-state index contributed by atoms with van der Waals surface area (Å²) in [6.45, 7) is 1.72. The molecule has 0 aliphatic carbocycles. The van der Waals surface area contributed by atoms with E-state index in [4.69, 9.17) is 16.3 Å². The van der Waals surface area contributed by atoms with Crippen LogP contribution in [0.15, 0.2) is 22.8 Å². The van der Waals surface area contributed by atoms with Gasteiger partial charge in [0.05, 0.1) is 10.0 Å². The third kappa shape index (κ3) is 2.27. The van der Waals surface area contributed by atoms with Gasteiger partial charge in [-0.05, 0) is 18.2 Å². The highest BCUT2D eigenvalue weighted by Crippen LogP contribution is 2.26. The summed E-state index contributed by atoms with van der Waals surface area (Å²) in [7, 11) is 0. The zero-order chi connectivity index (χ0) is 10.8. The zero-order valence-electron chi connectivity index (χ0n) is 7.94. The molecule has 1 aliphatic heterocycles. The molecule has 0 N–H and O–H groups in total. The Kier molecular flexibility index (Phi) is 2.88. The van der Waals surface area contributed by atoms with Crippen molar-refractivity contribution in [2.24, 2.45) is 4.99 Å². The van der Waals surface area contributed by atoms with E-state index >= 15 is 0 Å². The van der Waals surface area contributed by atoms with Crippen molar-refractivity contribution in [2.75, 3.05) is 0 Å². The van der Waals surface area contributed by atoms with Crippen molar-refractivity contribution < 1.29 is 9.53 Å². The van der Waals surface area contributed by atoms with E-state index in [0.717, 1.165) is 11.2 Å². The number of hydrogen-bond acceptors (Lipinski definition) is 4. The van der Waals surface area contributed by atoms with Crippen molar-refractivity contribution >= 4 is 41.2 Å². The van der Waals surface area contributed by atoms with Gasteiger partial charge >= 0.3 is 0 Å². The van der Waals surface area contributed by atoms with Crippen molar-refractivity contribution in [3.63, 3.8) is 0 Å². The van der Waals surface area contributed by atoms with Crippen LogP contribution in [0, 0.1) is 0 Å². The number of carbonyl (C=O) groups is 1. The molecule has 0 amide bonds. The number of hydrogen-bond donors (Lipinski definition) is 0. The van der Waals surface area contributed by atoms with E-state index in [2.05, 4.69) is 4.99 Å². The number of rotatable bonds is 2. The predicted molar refractivity (Wildman–Crippen MR) is 61.4 cm³/mol. The lowest BCUT2D eigenvalue weighted by molar-refractivity contribution is -0.112. The number of halogens is 1. The maximum absolute atomic E-state index is 10.7. The average molecular weight is 242 g/mol. The second kappa shape index (κ2) is 4.16. The molecular weight excluding hydrogens is 234 g/mol. The summed E-state index contributed by atoms with van der Waals surface area (Å²) in [4.78, 5) is 15.8. The van der Waals surface area contributed by atoms with Crippen molar-refractivity contribution in [1.29, 1.82) is 0 Å². The van der Waals surface area contributed by atoms with Gasteiger partial charge in [-0.3, -0.25) is 4.79 Å². The van der Waals surface area contributed by atoms with Crippen molar-refractivity contribution in [3.05, 3.63) is 27.0 Å². The van der Waals surface area contributed by atoms with Gasteiger partial charge < -0.3 is 4.74 Å². The van der Waals surface area contributed by atoms with Gasteiger partial charge in [-0.1, -0.05) is 11.6 Å². The lowest BCUT2D eigenvalue weighted by Gasteiger charge is -2.01. The van der Waals surface area contributed by atoms with Gasteiger partial charge in [0.1, 0.15) is 0 Å². The number of aldehydes is 1. The minimum Gasteiger partial charge on any atom is -0.464 e. The van der Waals surface area contributed by atoms with Gasteiger partial charge in [0.15, 0.2) is 18.3 Å². The van der Waals surface area contributed by atoms with Crippen LogP contribution in [-0.4, -0.2) is 18.3 Å². The smallest absolute Gasteiger partial charge is 0.197 e. The van der Waals surface area contributed by atoms with Crippen LogP contribution in [0.25, 0.3) is 6.08 Å². The summed E-state index contributed by atoms with van der Waals surface area (Å²) in [5.41, 5.74) is 0.626. The molecule has 1 aromatic rings. The van der Waals surface area contributed by atoms with Gasteiger partial charge in [0, 0.05) is 11.8 Å². The number of aliphatic imine (C=N–C) groups is 1. The molecule has 1 unspecified atom stereocenters. The fourth-order valence-corrected chi connectivity index (χ4v) is 2.29. The molecule has 1 aromatic heterocycles. The van der Waals surface area contributed by atoms with E-state index in [1.54, 1.807) is 13.0 Å². The van der Waals surface area contributed by atoms with Crippen molar-refractivity contribution in [2.45, 2.75) is 13.0 Å². The average Bonchev–Trinajstić information content (AvgIpc) is 2.73. The maximum Gasteiger partial charge on any atom is 0.197 e. The number of thiophene rings is 1. The predicted octanol–water partition coefficient (Wildman–Crippen LogP) is 2.76. The molecule has 0 fully saturated rings. The monoisotopic (exact) mass is 241 g/mol. The molecule has 0 saturated carbocycles. The van der Waals surface area contributed by atoms with Gasteiger partial charge in [-0.15, -0.1) is 11.3 Å². The molecule has 1 aliphatic rings. The van der Waals surface area contributed by atoms with E-state index in [0.29, 0.717) is 15.9 Å². The quantitative estimate of drug-likeness (QED) is 0.747. The van der Waals surface area contributed by atoms with Crippen LogP contribution in [0.2, 0.25) is 4.34 Å². The van der Waals surface area contributed by atoms with Crippen molar-refractivity contribution in [1.82, 2.24) is 0 Å². The molecule has 0 aromatic carbocycles. The SMILES string of the molecule is CC1=NC(=Cc2ccc(Cl)s2)C(C=O)O1. The third-order valence-electron chi connectivity index (χ3n) is 1.88. The normalized spacial score (nSPS) is 22.7. The Morgan fingerprint density at radius 2 is 2.40 bits per heavy atom. The van der Waals surface area contributed by atoms with Gasteiger partial charge in [-0.25, -0.2) is 4.99 Å². The summed E-state index contributed by atoms with van der Waals surface area (Å²) in [5, 5.41) is 0. The van der Waals surface area contributed by atoms with Gasteiger partial charge in [0.25, 0.3) is 0 Å². The van der Waals surface area contributed by atoms with E-state index in [1.165, 1.54) is 11.3 Å². The topological polar surface area (TPSA) is 38.7 Å². The molecule has 0 radical (unpaired) electrons. The van der Waals surface area contributed by atoms with Crippen LogP contribution < -0.4 is 0 Å². The number of ether oxygens (including phenoxy) is 1. The Bertz CT molecular complexity index is 450. The summed E-state index contributed by atoms with van der Waals surface area (Å²) in [5.74, 6) is 0.515. The first-order valence-electron chi connectivity index (χ1n) is 4.33. The lowest BCUT2D eigenvalue weighted by atomic mass is 10.2. The minimum atomic E-state index is -0.578.